The number of rotatable bonds is 3. The molecule has 1 aliphatic carbocycles. The zero-order chi connectivity index (χ0) is 12.4. The summed E-state index contributed by atoms with van der Waals surface area (Å²) in [6, 6.07) is 7.29. The van der Waals surface area contributed by atoms with Crippen LogP contribution in [0.4, 0.5) is 0 Å². The number of hydrogen-bond donors (Lipinski definition) is 1. The van der Waals surface area contributed by atoms with Crippen molar-refractivity contribution in [1.29, 1.82) is 0 Å². The van der Waals surface area contributed by atoms with Gasteiger partial charge in [-0.3, -0.25) is 0 Å². The van der Waals surface area contributed by atoms with Crippen molar-refractivity contribution in [3.8, 4) is 0 Å². The second kappa shape index (κ2) is 5.39. The van der Waals surface area contributed by atoms with Crippen LogP contribution in [-0.2, 0) is 15.9 Å². The summed E-state index contributed by atoms with van der Waals surface area (Å²) in [5, 5.41) is 3.63. The van der Waals surface area contributed by atoms with E-state index in [4.69, 9.17) is 9.47 Å². The van der Waals surface area contributed by atoms with Crippen LogP contribution in [0.3, 0.4) is 0 Å². The van der Waals surface area contributed by atoms with Crippen LogP contribution in [0.25, 0.3) is 0 Å². The largest absolute Gasteiger partial charge is 0.376 e. The molecule has 0 amide bonds. The lowest BCUT2D eigenvalue weighted by Gasteiger charge is -2.25. The number of hydrogen-bond acceptors (Lipinski definition) is 3. The quantitative estimate of drug-likeness (QED) is 0.886. The molecule has 0 saturated carbocycles. The summed E-state index contributed by atoms with van der Waals surface area (Å²) in [5.74, 6) is 0. The minimum atomic E-state index is 0.215. The van der Waals surface area contributed by atoms with E-state index < -0.39 is 0 Å². The lowest BCUT2D eigenvalue weighted by atomic mass is 10.0. The molecule has 3 nitrogen and oxygen atoms in total. The molecular weight excluding hydrogens is 226 g/mol. The fourth-order valence-electron chi connectivity index (χ4n) is 2.86. The molecule has 0 bridgehead atoms. The van der Waals surface area contributed by atoms with Gasteiger partial charge >= 0.3 is 0 Å². The molecule has 1 aliphatic heterocycles. The van der Waals surface area contributed by atoms with E-state index in [1.165, 1.54) is 29.5 Å². The van der Waals surface area contributed by atoms with E-state index in [0.29, 0.717) is 6.04 Å². The smallest absolute Gasteiger partial charge is 0.0933 e. The molecule has 1 aromatic rings. The molecule has 2 aliphatic rings. The zero-order valence-electron chi connectivity index (χ0n) is 10.9. The third kappa shape index (κ3) is 2.58. The van der Waals surface area contributed by atoms with E-state index in [1.54, 1.807) is 0 Å². The van der Waals surface area contributed by atoms with E-state index in [0.717, 1.165) is 26.4 Å². The molecular formula is C15H21NO2. The Morgan fingerprint density at radius 1 is 1.33 bits per heavy atom. The van der Waals surface area contributed by atoms with Gasteiger partial charge in [0.25, 0.3) is 0 Å². The zero-order valence-corrected chi connectivity index (χ0v) is 10.9. The monoisotopic (exact) mass is 247 g/mol. The third-order valence-electron chi connectivity index (χ3n) is 3.86. The first-order valence-corrected chi connectivity index (χ1v) is 6.85. The Morgan fingerprint density at radius 2 is 2.28 bits per heavy atom. The highest BCUT2D eigenvalue weighted by atomic mass is 16.6. The van der Waals surface area contributed by atoms with Gasteiger partial charge in [-0.1, -0.05) is 23.8 Å². The van der Waals surface area contributed by atoms with Crippen LogP contribution in [0.5, 0.6) is 0 Å². The first-order valence-electron chi connectivity index (χ1n) is 6.85. The number of aryl methyl sites for hydroxylation is 2. The summed E-state index contributed by atoms with van der Waals surface area (Å²) >= 11 is 0. The predicted octanol–water partition coefficient (Wildman–Crippen LogP) is 1.99. The highest BCUT2D eigenvalue weighted by molar-refractivity contribution is 5.37. The van der Waals surface area contributed by atoms with Gasteiger partial charge in [-0.05, 0) is 30.9 Å². The second-order valence-corrected chi connectivity index (χ2v) is 5.27. The summed E-state index contributed by atoms with van der Waals surface area (Å²) in [7, 11) is 0. The fraction of sp³-hybridized carbons (Fsp3) is 0.600. The maximum absolute atomic E-state index is 5.66. The van der Waals surface area contributed by atoms with Gasteiger partial charge in [0.2, 0.25) is 0 Å². The van der Waals surface area contributed by atoms with Gasteiger partial charge in [-0.2, -0.15) is 0 Å². The normalized spacial score (nSPS) is 27.2. The Hall–Kier alpha value is -0.900. The van der Waals surface area contributed by atoms with E-state index in [9.17, 15) is 0 Å². The van der Waals surface area contributed by atoms with Gasteiger partial charge in [0.05, 0.1) is 25.9 Å². The van der Waals surface area contributed by atoms with E-state index in [-0.39, 0.29) is 6.10 Å². The van der Waals surface area contributed by atoms with Gasteiger partial charge in [-0.25, -0.2) is 0 Å². The molecule has 2 atom stereocenters. The van der Waals surface area contributed by atoms with Crippen molar-refractivity contribution in [2.45, 2.75) is 31.9 Å². The summed E-state index contributed by atoms with van der Waals surface area (Å²) in [5.41, 5.74) is 4.32. The van der Waals surface area contributed by atoms with Crippen molar-refractivity contribution in [2.24, 2.45) is 0 Å². The number of nitrogens with one attached hydrogen (secondary N) is 1. The third-order valence-corrected chi connectivity index (χ3v) is 3.86. The van der Waals surface area contributed by atoms with Crippen molar-refractivity contribution in [2.75, 3.05) is 26.4 Å². The number of fused-ring (bicyclic) bond motifs is 1. The number of benzene rings is 1. The highest BCUT2D eigenvalue weighted by Gasteiger charge is 2.23. The Morgan fingerprint density at radius 3 is 3.11 bits per heavy atom. The minimum Gasteiger partial charge on any atom is -0.376 e. The van der Waals surface area contributed by atoms with E-state index in [1.807, 2.05) is 0 Å². The average molecular weight is 247 g/mol. The van der Waals surface area contributed by atoms with Crippen molar-refractivity contribution < 1.29 is 9.47 Å². The summed E-state index contributed by atoms with van der Waals surface area (Å²) in [6.07, 6.45) is 2.61. The van der Waals surface area contributed by atoms with Crippen molar-refractivity contribution in [1.82, 2.24) is 5.32 Å². The Labute approximate surface area is 108 Å². The van der Waals surface area contributed by atoms with Crippen molar-refractivity contribution >= 4 is 0 Å². The molecule has 0 radical (unpaired) electrons. The van der Waals surface area contributed by atoms with E-state index in [2.05, 4.69) is 30.4 Å². The average Bonchev–Trinajstić information content (AvgIpc) is 2.80. The first kappa shape index (κ1) is 12.2. The molecule has 3 rings (SSSR count). The molecule has 18 heavy (non-hydrogen) atoms. The standard InChI is InChI=1S/C15H21NO2/c1-11-2-3-12-4-5-15(14(12)8-11)16-9-13-10-17-6-7-18-13/h2-3,8,13,15-16H,4-7,9-10H2,1H3. The number of ether oxygens (including phenoxy) is 2. The first-order chi connectivity index (χ1) is 8.83. The van der Waals surface area contributed by atoms with Crippen LogP contribution in [0.1, 0.15) is 29.2 Å². The van der Waals surface area contributed by atoms with Crippen molar-refractivity contribution in [3.63, 3.8) is 0 Å². The van der Waals surface area contributed by atoms with Crippen LogP contribution >= 0.6 is 0 Å². The molecule has 98 valence electrons. The summed E-state index contributed by atoms with van der Waals surface area (Å²) in [6.45, 7) is 5.24. The SMILES string of the molecule is Cc1ccc2c(c1)C(NCC1COCCO1)CC2. The van der Waals surface area contributed by atoms with Crippen LogP contribution in [-0.4, -0.2) is 32.5 Å². The molecule has 1 fully saturated rings. The highest BCUT2D eigenvalue weighted by Crippen LogP contribution is 2.31. The lowest BCUT2D eigenvalue weighted by Crippen LogP contribution is -2.38. The van der Waals surface area contributed by atoms with Crippen molar-refractivity contribution in [3.05, 3.63) is 34.9 Å². The van der Waals surface area contributed by atoms with E-state index >= 15 is 0 Å². The maximum Gasteiger partial charge on any atom is 0.0933 e. The molecule has 1 heterocycles. The molecule has 1 N–H and O–H groups in total. The van der Waals surface area contributed by atoms with Gasteiger partial charge in [-0.15, -0.1) is 0 Å². The van der Waals surface area contributed by atoms with Gasteiger partial charge in [0, 0.05) is 12.6 Å². The Bertz CT molecular complexity index is 413. The lowest BCUT2D eigenvalue weighted by molar-refractivity contribution is -0.0870. The molecule has 0 aromatic heterocycles. The summed E-state index contributed by atoms with van der Waals surface area (Å²) < 4.78 is 11.1. The second-order valence-electron chi connectivity index (χ2n) is 5.27. The fourth-order valence-corrected chi connectivity index (χ4v) is 2.86. The Balaban J connectivity index is 1.60. The minimum absolute atomic E-state index is 0.215. The van der Waals surface area contributed by atoms with Crippen LogP contribution < -0.4 is 5.32 Å². The van der Waals surface area contributed by atoms with Crippen LogP contribution in [0.2, 0.25) is 0 Å². The van der Waals surface area contributed by atoms with Crippen LogP contribution in [0, 0.1) is 6.92 Å². The maximum atomic E-state index is 5.66. The predicted molar refractivity (Wildman–Crippen MR) is 70.8 cm³/mol. The van der Waals surface area contributed by atoms with Crippen LogP contribution in [0.15, 0.2) is 18.2 Å². The molecule has 3 heteroatoms. The summed E-state index contributed by atoms with van der Waals surface area (Å²) in [4.78, 5) is 0. The molecule has 1 saturated heterocycles. The van der Waals surface area contributed by atoms with Gasteiger partial charge < -0.3 is 14.8 Å². The molecule has 1 aromatic carbocycles. The Kier molecular flexibility index (Phi) is 3.64. The van der Waals surface area contributed by atoms with Gasteiger partial charge in [0.1, 0.15) is 0 Å². The molecule has 2 unspecified atom stereocenters. The molecule has 0 spiro atoms. The van der Waals surface area contributed by atoms with Gasteiger partial charge in [0.15, 0.2) is 0 Å². The topological polar surface area (TPSA) is 30.5 Å².